The minimum absolute atomic E-state index is 0.0455. The second-order valence-corrected chi connectivity index (χ2v) is 6.17. The lowest BCUT2D eigenvalue weighted by Gasteiger charge is -2.22. The molecule has 0 heterocycles. The molecule has 25 heavy (non-hydrogen) atoms. The number of amides is 1. The number of ether oxygens (including phenoxy) is 1. The van der Waals surface area contributed by atoms with Gasteiger partial charge in [-0.15, -0.1) is 0 Å². The molecule has 0 saturated heterocycles. The molecule has 2 rings (SSSR count). The molecule has 1 amide bonds. The highest BCUT2D eigenvalue weighted by Crippen LogP contribution is 2.23. The molecule has 0 aromatic heterocycles. The average Bonchev–Trinajstić information content (AvgIpc) is 2.54. The van der Waals surface area contributed by atoms with Crippen molar-refractivity contribution in [3.05, 3.63) is 63.2 Å². The highest BCUT2D eigenvalue weighted by Gasteiger charge is 2.31. The predicted octanol–water partition coefficient (Wildman–Crippen LogP) is 3.33. The molecule has 0 aliphatic rings. The highest BCUT2D eigenvalue weighted by atomic mass is 35.5. The number of anilines is 1. The van der Waals surface area contributed by atoms with E-state index in [-0.39, 0.29) is 12.3 Å². The van der Waals surface area contributed by atoms with Crippen LogP contribution in [0, 0.1) is 17.0 Å². The van der Waals surface area contributed by atoms with E-state index in [9.17, 15) is 20.0 Å². The minimum Gasteiger partial charge on any atom is -0.490 e. The SMILES string of the molecule is Cc1cc(NC(=O)C(C)(O)COc2ccc(Cl)cc2)ccc1[N+](=O)[O-]. The third kappa shape index (κ3) is 4.91. The molecule has 2 aromatic rings. The Morgan fingerprint density at radius 1 is 1.32 bits per heavy atom. The third-order valence-electron chi connectivity index (χ3n) is 3.47. The lowest BCUT2D eigenvalue weighted by molar-refractivity contribution is -0.385. The fraction of sp³-hybridized carbons (Fsp3) is 0.235. The number of nitrogens with one attached hydrogen (secondary N) is 1. The number of rotatable bonds is 6. The van der Waals surface area contributed by atoms with Crippen LogP contribution in [0.5, 0.6) is 5.75 Å². The van der Waals surface area contributed by atoms with Crippen LogP contribution < -0.4 is 10.1 Å². The van der Waals surface area contributed by atoms with Gasteiger partial charge in [-0.1, -0.05) is 11.6 Å². The summed E-state index contributed by atoms with van der Waals surface area (Å²) in [6.07, 6.45) is 0. The van der Waals surface area contributed by atoms with Gasteiger partial charge >= 0.3 is 0 Å². The fourth-order valence-corrected chi connectivity index (χ4v) is 2.15. The van der Waals surface area contributed by atoms with E-state index in [0.29, 0.717) is 22.0 Å². The summed E-state index contributed by atoms with van der Waals surface area (Å²) in [5.41, 5.74) is -1.09. The molecule has 1 unspecified atom stereocenters. The molecule has 0 aliphatic carbocycles. The Bertz CT molecular complexity index is 790. The van der Waals surface area contributed by atoms with E-state index in [1.807, 2.05) is 0 Å². The Morgan fingerprint density at radius 3 is 2.52 bits per heavy atom. The maximum absolute atomic E-state index is 12.2. The molecule has 0 fully saturated rings. The van der Waals surface area contributed by atoms with E-state index in [4.69, 9.17) is 16.3 Å². The van der Waals surface area contributed by atoms with Crippen molar-refractivity contribution in [1.29, 1.82) is 0 Å². The Labute approximate surface area is 149 Å². The van der Waals surface area contributed by atoms with Crippen molar-refractivity contribution in [3.8, 4) is 5.75 Å². The first-order valence-corrected chi connectivity index (χ1v) is 7.74. The molecule has 7 nitrogen and oxygen atoms in total. The Balaban J connectivity index is 2.01. The highest BCUT2D eigenvalue weighted by molar-refractivity contribution is 6.30. The van der Waals surface area contributed by atoms with Gasteiger partial charge in [0.2, 0.25) is 0 Å². The largest absolute Gasteiger partial charge is 0.490 e. The van der Waals surface area contributed by atoms with Crippen molar-refractivity contribution in [3.63, 3.8) is 0 Å². The van der Waals surface area contributed by atoms with E-state index < -0.39 is 16.4 Å². The van der Waals surface area contributed by atoms with Gasteiger partial charge < -0.3 is 15.2 Å². The molecule has 0 spiro atoms. The zero-order valence-electron chi connectivity index (χ0n) is 13.7. The first-order chi connectivity index (χ1) is 11.7. The number of hydrogen-bond donors (Lipinski definition) is 2. The summed E-state index contributed by atoms with van der Waals surface area (Å²) in [4.78, 5) is 22.5. The van der Waals surface area contributed by atoms with Crippen molar-refractivity contribution < 1.29 is 19.6 Å². The van der Waals surface area contributed by atoms with Crippen LogP contribution in [-0.2, 0) is 4.79 Å². The van der Waals surface area contributed by atoms with Gasteiger partial charge in [-0.05, 0) is 50.2 Å². The summed E-state index contributed by atoms with van der Waals surface area (Å²) in [5.74, 6) is -0.224. The van der Waals surface area contributed by atoms with Crippen LogP contribution in [-0.4, -0.2) is 28.1 Å². The van der Waals surface area contributed by atoms with E-state index >= 15 is 0 Å². The minimum atomic E-state index is -1.80. The Hall–Kier alpha value is -2.64. The van der Waals surface area contributed by atoms with Crippen LogP contribution in [0.2, 0.25) is 5.02 Å². The summed E-state index contributed by atoms with van der Waals surface area (Å²) in [5, 5.41) is 24.2. The van der Waals surface area contributed by atoms with E-state index in [1.54, 1.807) is 31.2 Å². The summed E-state index contributed by atoms with van der Waals surface area (Å²) < 4.78 is 5.40. The summed E-state index contributed by atoms with van der Waals surface area (Å²) in [6, 6.07) is 10.7. The van der Waals surface area contributed by atoms with Crippen molar-refractivity contribution in [2.75, 3.05) is 11.9 Å². The monoisotopic (exact) mass is 364 g/mol. The molecule has 8 heteroatoms. The normalized spacial score (nSPS) is 13.0. The van der Waals surface area contributed by atoms with Crippen LogP contribution in [0.4, 0.5) is 11.4 Å². The lowest BCUT2D eigenvalue weighted by atomic mass is 10.1. The molecule has 0 bridgehead atoms. The molecule has 0 radical (unpaired) electrons. The van der Waals surface area contributed by atoms with Gasteiger partial charge in [-0.3, -0.25) is 14.9 Å². The van der Waals surface area contributed by atoms with E-state index in [0.717, 1.165) is 0 Å². The van der Waals surface area contributed by atoms with Crippen molar-refractivity contribution in [2.24, 2.45) is 0 Å². The number of nitro groups is 1. The van der Waals surface area contributed by atoms with Crippen LogP contribution >= 0.6 is 11.6 Å². The standard InChI is InChI=1S/C17H17ClN2O5/c1-11-9-13(5-8-15(11)20(23)24)19-16(21)17(2,22)10-25-14-6-3-12(18)4-7-14/h3-9,22H,10H2,1-2H3,(H,19,21). The summed E-state index contributed by atoms with van der Waals surface area (Å²) in [6.45, 7) is 2.61. The van der Waals surface area contributed by atoms with Crippen molar-refractivity contribution in [1.82, 2.24) is 0 Å². The smallest absolute Gasteiger partial charge is 0.272 e. The summed E-state index contributed by atoms with van der Waals surface area (Å²) in [7, 11) is 0. The number of benzene rings is 2. The number of nitrogens with zero attached hydrogens (tertiary/aromatic N) is 1. The number of aliphatic hydroxyl groups is 1. The van der Waals surface area contributed by atoms with E-state index in [2.05, 4.69) is 5.32 Å². The first-order valence-electron chi connectivity index (χ1n) is 7.36. The second-order valence-electron chi connectivity index (χ2n) is 5.73. The predicted molar refractivity (Wildman–Crippen MR) is 94.0 cm³/mol. The Kier molecular flexibility index (Phi) is 5.61. The van der Waals surface area contributed by atoms with Crippen LogP contribution in [0.15, 0.2) is 42.5 Å². The maximum Gasteiger partial charge on any atom is 0.272 e. The fourth-order valence-electron chi connectivity index (χ4n) is 2.02. The van der Waals surface area contributed by atoms with Gasteiger partial charge in [0.1, 0.15) is 12.4 Å². The second kappa shape index (κ2) is 7.50. The molecule has 0 saturated carbocycles. The average molecular weight is 365 g/mol. The maximum atomic E-state index is 12.2. The van der Waals surface area contributed by atoms with Crippen LogP contribution in [0.25, 0.3) is 0 Å². The van der Waals surface area contributed by atoms with Crippen LogP contribution in [0.1, 0.15) is 12.5 Å². The van der Waals surface area contributed by atoms with Crippen LogP contribution in [0.3, 0.4) is 0 Å². The molecule has 2 N–H and O–H groups in total. The zero-order valence-corrected chi connectivity index (χ0v) is 14.4. The molecular formula is C17H17ClN2O5. The summed E-state index contributed by atoms with van der Waals surface area (Å²) >= 11 is 5.77. The van der Waals surface area contributed by atoms with Gasteiger partial charge in [0, 0.05) is 22.3 Å². The number of halogens is 1. The molecule has 2 aromatic carbocycles. The molecule has 132 valence electrons. The van der Waals surface area contributed by atoms with Gasteiger partial charge in [0.25, 0.3) is 11.6 Å². The van der Waals surface area contributed by atoms with Gasteiger partial charge in [0.05, 0.1) is 4.92 Å². The lowest BCUT2D eigenvalue weighted by Crippen LogP contribution is -2.45. The molecule has 0 aliphatic heterocycles. The van der Waals surface area contributed by atoms with E-state index in [1.165, 1.54) is 25.1 Å². The number of carbonyl (C=O) groups is 1. The quantitative estimate of drug-likeness (QED) is 0.604. The van der Waals surface area contributed by atoms with Gasteiger partial charge in [0.15, 0.2) is 5.60 Å². The molecule has 1 atom stereocenters. The topological polar surface area (TPSA) is 102 Å². The van der Waals surface area contributed by atoms with Crippen molar-refractivity contribution in [2.45, 2.75) is 19.4 Å². The molecular weight excluding hydrogens is 348 g/mol. The number of aryl methyl sites for hydroxylation is 1. The first kappa shape index (κ1) is 18.7. The number of carbonyl (C=O) groups excluding carboxylic acids is 1. The van der Waals surface area contributed by atoms with Crippen molar-refractivity contribution >= 4 is 28.9 Å². The third-order valence-corrected chi connectivity index (χ3v) is 3.73. The zero-order chi connectivity index (χ0) is 18.6. The van der Waals surface area contributed by atoms with Gasteiger partial charge in [-0.25, -0.2) is 0 Å². The van der Waals surface area contributed by atoms with Gasteiger partial charge in [-0.2, -0.15) is 0 Å². The number of nitro benzene ring substituents is 1. The number of hydrogen-bond acceptors (Lipinski definition) is 5. The Morgan fingerprint density at radius 2 is 1.96 bits per heavy atom.